The normalized spacial score (nSPS) is 23.3. The van der Waals surface area contributed by atoms with Gasteiger partial charge in [0.1, 0.15) is 23.7 Å². The van der Waals surface area contributed by atoms with Crippen molar-refractivity contribution in [3.05, 3.63) is 33.2 Å². The molecule has 3 atom stereocenters. The molecule has 196 valence electrons. The summed E-state index contributed by atoms with van der Waals surface area (Å²) in [4.78, 5) is 50.0. The van der Waals surface area contributed by atoms with Crippen molar-refractivity contribution in [1.29, 1.82) is 0 Å². The lowest BCUT2D eigenvalue weighted by Crippen LogP contribution is -2.71. The highest BCUT2D eigenvalue weighted by Crippen LogP contribution is 2.40. The van der Waals surface area contributed by atoms with E-state index in [2.05, 4.69) is 31.3 Å². The van der Waals surface area contributed by atoms with Crippen molar-refractivity contribution in [2.45, 2.75) is 51.1 Å². The van der Waals surface area contributed by atoms with E-state index in [1.54, 1.807) is 18.3 Å². The largest absolute Gasteiger partial charge is 0.477 e. The third kappa shape index (κ3) is 4.82. The molecule has 0 spiro atoms. The SMILES string of the molecule is CCO/N=C(\C(=O)N[C@@H]1C(=O)N2C(C(=O)O)=C(C[n+]3csc4c3CCC(C)C4)CS[C@H]12)c1nsc(N)n1. The molecule has 4 heterocycles. The molecule has 4 N–H and O–H groups in total. The number of fused-ring (bicyclic) bond motifs is 2. The number of anilines is 1. The van der Waals surface area contributed by atoms with Gasteiger partial charge >= 0.3 is 5.97 Å². The third-order valence-corrected chi connectivity index (χ3v) is 9.38. The molecule has 2 aromatic rings. The Kier molecular flexibility index (Phi) is 7.18. The van der Waals surface area contributed by atoms with Crippen LogP contribution in [0.5, 0.6) is 0 Å². The molecule has 0 bridgehead atoms. The zero-order valence-corrected chi connectivity index (χ0v) is 22.6. The number of thiazole rings is 1. The number of nitrogens with two attached hydrogens (primary N) is 1. The molecule has 12 nitrogen and oxygen atoms in total. The van der Waals surface area contributed by atoms with Crippen molar-refractivity contribution in [3.8, 4) is 0 Å². The van der Waals surface area contributed by atoms with Crippen molar-refractivity contribution in [1.82, 2.24) is 19.6 Å². The molecule has 3 aliphatic rings. The maximum Gasteiger partial charge on any atom is 0.352 e. The minimum absolute atomic E-state index is 0.00646. The summed E-state index contributed by atoms with van der Waals surface area (Å²) >= 11 is 4.03. The molecule has 15 heteroatoms. The number of thioether (sulfide) groups is 1. The molecule has 1 aliphatic carbocycles. The van der Waals surface area contributed by atoms with Gasteiger partial charge in [-0.05, 0) is 25.7 Å². The predicted octanol–water partition coefficient (Wildman–Crippen LogP) is 0.774. The lowest BCUT2D eigenvalue weighted by Gasteiger charge is -2.49. The summed E-state index contributed by atoms with van der Waals surface area (Å²) in [6.07, 6.45) is 3.11. The van der Waals surface area contributed by atoms with Crippen LogP contribution >= 0.6 is 34.6 Å². The number of carboxylic acids is 1. The number of oxime groups is 1. The lowest BCUT2D eigenvalue weighted by atomic mass is 9.92. The number of aromatic nitrogens is 3. The van der Waals surface area contributed by atoms with Crippen molar-refractivity contribution in [3.63, 3.8) is 0 Å². The number of amides is 2. The summed E-state index contributed by atoms with van der Waals surface area (Å²) in [7, 11) is 0. The maximum atomic E-state index is 13.1. The van der Waals surface area contributed by atoms with E-state index in [0.717, 1.165) is 30.8 Å². The number of β-lactam (4-membered cyclic amide) rings is 1. The molecule has 2 aliphatic heterocycles. The number of nitrogens with one attached hydrogen (secondary N) is 1. The highest BCUT2D eigenvalue weighted by atomic mass is 32.2. The van der Waals surface area contributed by atoms with Crippen LogP contribution in [0, 0.1) is 5.92 Å². The number of rotatable bonds is 8. The van der Waals surface area contributed by atoms with Gasteiger partial charge < -0.3 is 21.0 Å². The molecule has 5 rings (SSSR count). The van der Waals surface area contributed by atoms with Gasteiger partial charge in [0.25, 0.3) is 11.8 Å². The van der Waals surface area contributed by atoms with E-state index in [-0.39, 0.29) is 29.0 Å². The summed E-state index contributed by atoms with van der Waals surface area (Å²) in [6.45, 7) is 4.58. The van der Waals surface area contributed by atoms with Gasteiger partial charge in [-0.1, -0.05) is 23.4 Å². The van der Waals surface area contributed by atoms with E-state index in [0.29, 0.717) is 23.8 Å². The Morgan fingerprint density at radius 2 is 2.24 bits per heavy atom. The third-order valence-electron chi connectivity index (χ3n) is 6.45. The number of aliphatic carboxylic acids is 1. The molecule has 2 amide bonds. The molecule has 1 fully saturated rings. The molecule has 1 saturated heterocycles. The second-order valence-electron chi connectivity index (χ2n) is 9.00. The Labute approximate surface area is 224 Å². The Morgan fingerprint density at radius 1 is 1.43 bits per heavy atom. The molecule has 2 aromatic heterocycles. The highest BCUT2D eigenvalue weighted by molar-refractivity contribution is 8.00. The highest BCUT2D eigenvalue weighted by Gasteiger charge is 2.55. The predicted molar refractivity (Wildman–Crippen MR) is 138 cm³/mol. The Hall–Kier alpha value is -3.04. The van der Waals surface area contributed by atoms with Crippen LogP contribution in [-0.4, -0.2) is 66.6 Å². The van der Waals surface area contributed by atoms with Gasteiger partial charge in [0.15, 0.2) is 17.4 Å². The first-order chi connectivity index (χ1) is 17.8. The summed E-state index contributed by atoms with van der Waals surface area (Å²) in [5, 5.41) is 16.1. The van der Waals surface area contributed by atoms with Gasteiger partial charge in [0.2, 0.25) is 17.0 Å². The monoisotopic (exact) mass is 564 g/mol. The zero-order chi connectivity index (χ0) is 26.3. The first-order valence-corrected chi connectivity index (χ1v) is 14.5. The van der Waals surface area contributed by atoms with Gasteiger partial charge in [0, 0.05) is 29.3 Å². The van der Waals surface area contributed by atoms with Gasteiger partial charge in [-0.25, -0.2) is 4.79 Å². The number of carbonyl (C=O) groups excluding carboxylic acids is 2. The van der Waals surface area contributed by atoms with Crippen LogP contribution < -0.4 is 15.6 Å². The van der Waals surface area contributed by atoms with Crippen molar-refractivity contribution < 1.29 is 28.9 Å². The van der Waals surface area contributed by atoms with Crippen LogP contribution in [0.3, 0.4) is 0 Å². The van der Waals surface area contributed by atoms with E-state index in [1.807, 2.05) is 5.51 Å². The van der Waals surface area contributed by atoms with Crippen LogP contribution in [0.2, 0.25) is 0 Å². The van der Waals surface area contributed by atoms with Crippen LogP contribution in [-0.2, 0) is 38.6 Å². The van der Waals surface area contributed by atoms with Crippen LogP contribution in [0.15, 0.2) is 21.9 Å². The van der Waals surface area contributed by atoms with Crippen LogP contribution in [0.1, 0.15) is 36.7 Å². The molecular weight excluding hydrogens is 538 g/mol. The standard InChI is InChI=1S/C22H25N7O5S3/c1-3-34-26-14(17-25-22(23)37-27-17)18(30)24-15-19(31)29-16(21(32)33)11(8-35-20(15)29)7-28-9-36-13-6-10(2)4-5-12(13)28/h9-10,15,20H,3-8H2,1-2H3,(H3-,23,24,25,27,30,32,33)/p+1/b26-14-/t10?,15-,20-/m1/s1. The molecule has 0 radical (unpaired) electrons. The molecule has 37 heavy (non-hydrogen) atoms. The van der Waals surface area contributed by atoms with Gasteiger partial charge in [-0.3, -0.25) is 14.5 Å². The number of carboxylic acid groups (broad SMARTS) is 1. The molecule has 0 saturated carbocycles. The fraction of sp³-hybridized carbons (Fsp3) is 0.500. The Morgan fingerprint density at radius 3 is 2.95 bits per heavy atom. The van der Waals surface area contributed by atoms with E-state index in [9.17, 15) is 19.5 Å². The van der Waals surface area contributed by atoms with Crippen LogP contribution in [0.25, 0.3) is 0 Å². The van der Waals surface area contributed by atoms with Crippen molar-refractivity contribution in [2.75, 3.05) is 18.1 Å². The first kappa shape index (κ1) is 25.6. The van der Waals surface area contributed by atoms with E-state index in [4.69, 9.17) is 10.6 Å². The number of carbonyl (C=O) groups is 3. The summed E-state index contributed by atoms with van der Waals surface area (Å²) in [6, 6.07) is -0.917. The fourth-order valence-electron chi connectivity index (χ4n) is 4.67. The minimum atomic E-state index is -1.16. The number of hydrogen-bond donors (Lipinski definition) is 3. The topological polar surface area (TPSA) is 164 Å². The average molecular weight is 565 g/mol. The first-order valence-electron chi connectivity index (χ1n) is 11.8. The molecular formula is C22H26N7O5S3+. The minimum Gasteiger partial charge on any atom is -0.477 e. The van der Waals surface area contributed by atoms with Crippen molar-refractivity contribution >= 4 is 63.3 Å². The van der Waals surface area contributed by atoms with Crippen LogP contribution in [0.4, 0.5) is 5.13 Å². The second kappa shape index (κ2) is 10.4. The lowest BCUT2D eigenvalue weighted by molar-refractivity contribution is -0.692. The Bertz CT molecular complexity index is 1320. The quantitative estimate of drug-likeness (QED) is 0.182. The summed E-state index contributed by atoms with van der Waals surface area (Å²) < 4.78 is 6.13. The van der Waals surface area contributed by atoms with E-state index < -0.39 is 29.2 Å². The summed E-state index contributed by atoms with van der Waals surface area (Å²) in [5.74, 6) is -1.28. The van der Waals surface area contributed by atoms with E-state index in [1.165, 1.54) is 27.2 Å². The van der Waals surface area contributed by atoms with Gasteiger partial charge in [0.05, 0.1) is 4.88 Å². The smallest absolute Gasteiger partial charge is 0.352 e. The number of nitrogens with zero attached hydrogens (tertiary/aromatic N) is 5. The summed E-state index contributed by atoms with van der Waals surface area (Å²) in [5.41, 5.74) is 9.40. The number of hydrogen-bond acceptors (Lipinski definition) is 11. The fourth-order valence-corrected chi connectivity index (χ4v) is 7.63. The van der Waals surface area contributed by atoms with E-state index >= 15 is 0 Å². The molecule has 1 unspecified atom stereocenters. The maximum absolute atomic E-state index is 13.1. The number of nitrogen functional groups attached to an aromatic ring is 1. The van der Waals surface area contributed by atoms with Crippen molar-refractivity contribution in [2.24, 2.45) is 11.1 Å². The van der Waals surface area contributed by atoms with Gasteiger partial charge in [-0.2, -0.15) is 13.9 Å². The second-order valence-corrected chi connectivity index (χ2v) is 11.8. The zero-order valence-electron chi connectivity index (χ0n) is 20.2. The average Bonchev–Trinajstić information content (AvgIpc) is 3.47. The Balaban J connectivity index is 1.34. The molecule has 0 aromatic carbocycles. The van der Waals surface area contributed by atoms with Gasteiger partial charge in [-0.15, -0.1) is 11.8 Å².